The molecular weight excluding hydrogens is 496 g/mol. The van der Waals surface area contributed by atoms with E-state index in [0.717, 1.165) is 22.6 Å². The number of hydrogen-bond acceptors (Lipinski definition) is 6. The third-order valence-corrected chi connectivity index (χ3v) is 8.20. The number of ketones is 1. The van der Waals surface area contributed by atoms with Crippen molar-refractivity contribution in [3.05, 3.63) is 82.7 Å². The number of ether oxygens (including phenoxy) is 1. The predicted octanol–water partition coefficient (Wildman–Crippen LogP) is 4.54. The lowest BCUT2D eigenvalue weighted by atomic mass is 10.1. The maximum absolute atomic E-state index is 13.0. The Morgan fingerprint density at radius 3 is 2.33 bits per heavy atom. The molecule has 192 valence electrons. The number of carbonyl (C=O) groups is 2. The van der Waals surface area contributed by atoms with Crippen molar-refractivity contribution in [1.82, 2.24) is 9.29 Å². The summed E-state index contributed by atoms with van der Waals surface area (Å²) in [7, 11) is -3.92. The average molecular weight is 529 g/mol. The van der Waals surface area contributed by atoms with E-state index in [9.17, 15) is 18.0 Å². The first-order valence-electron chi connectivity index (χ1n) is 11.6. The predicted molar refractivity (Wildman–Crippen MR) is 144 cm³/mol. The zero-order valence-corrected chi connectivity index (χ0v) is 22.8. The molecule has 0 radical (unpaired) electrons. The second kappa shape index (κ2) is 11.9. The summed E-state index contributed by atoms with van der Waals surface area (Å²) in [5.74, 6) is -0.580. The summed E-state index contributed by atoms with van der Waals surface area (Å²) in [6.07, 6.45) is 2.10. The summed E-state index contributed by atoms with van der Waals surface area (Å²) in [6, 6.07) is 14.6. The van der Waals surface area contributed by atoms with Crippen molar-refractivity contribution < 1.29 is 22.7 Å². The monoisotopic (exact) mass is 528 g/mol. The van der Waals surface area contributed by atoms with Gasteiger partial charge >= 0.3 is 5.97 Å². The van der Waals surface area contributed by atoms with Gasteiger partial charge in [-0.05, 0) is 87.6 Å². The zero-order valence-electron chi connectivity index (χ0n) is 21.2. The van der Waals surface area contributed by atoms with Gasteiger partial charge in [-0.1, -0.05) is 24.3 Å². The van der Waals surface area contributed by atoms with E-state index in [0.29, 0.717) is 11.3 Å². The first-order valence-corrected chi connectivity index (χ1v) is 14.5. The van der Waals surface area contributed by atoms with Crippen LogP contribution >= 0.6 is 11.8 Å². The van der Waals surface area contributed by atoms with Gasteiger partial charge in [0.05, 0.1) is 4.90 Å². The summed E-state index contributed by atoms with van der Waals surface area (Å²) < 4.78 is 35.2. The molecular formula is C27H32N2O5S2. The Bertz CT molecular complexity index is 1350. The van der Waals surface area contributed by atoms with E-state index in [-0.39, 0.29) is 17.1 Å². The van der Waals surface area contributed by atoms with Crippen LogP contribution in [0.25, 0.3) is 5.69 Å². The summed E-state index contributed by atoms with van der Waals surface area (Å²) in [5.41, 5.74) is 5.39. The number of aryl methyl sites for hydroxylation is 3. The van der Waals surface area contributed by atoms with Crippen LogP contribution in [-0.4, -0.2) is 49.4 Å². The molecule has 0 aliphatic carbocycles. The molecule has 3 rings (SSSR count). The number of esters is 1. The van der Waals surface area contributed by atoms with Gasteiger partial charge in [0.2, 0.25) is 15.8 Å². The van der Waals surface area contributed by atoms with E-state index in [1.165, 1.54) is 29.5 Å². The van der Waals surface area contributed by atoms with Crippen molar-refractivity contribution in [3.63, 3.8) is 0 Å². The smallest absolute Gasteiger partial charge is 0.324 e. The summed E-state index contributed by atoms with van der Waals surface area (Å²) in [6.45, 7) is 7.38. The molecule has 9 heteroatoms. The normalized spacial score (nSPS) is 12.4. The van der Waals surface area contributed by atoms with Gasteiger partial charge in [-0.15, -0.1) is 0 Å². The average Bonchev–Trinajstić information content (AvgIpc) is 3.16. The van der Waals surface area contributed by atoms with Gasteiger partial charge in [-0.2, -0.15) is 16.5 Å². The van der Waals surface area contributed by atoms with Crippen molar-refractivity contribution in [3.8, 4) is 5.69 Å². The van der Waals surface area contributed by atoms with Crippen molar-refractivity contribution >= 4 is 33.5 Å². The minimum atomic E-state index is -3.92. The third kappa shape index (κ3) is 6.46. The molecule has 3 aromatic rings. The quantitative estimate of drug-likeness (QED) is 0.290. The van der Waals surface area contributed by atoms with Crippen LogP contribution in [0.5, 0.6) is 0 Å². The minimum Gasteiger partial charge on any atom is -0.456 e. The SMILES string of the molecule is CSCC[C@@H](NS(=O)(=O)c1ccccc1)C(=O)OCC(=O)c1cc(C)n(-c2ccc(C)c(C)c2)c1C. The fourth-order valence-corrected chi connectivity index (χ4v) is 5.65. The van der Waals surface area contributed by atoms with Crippen LogP contribution in [0.3, 0.4) is 0 Å². The van der Waals surface area contributed by atoms with Crippen molar-refractivity contribution in [2.75, 3.05) is 18.6 Å². The van der Waals surface area contributed by atoms with E-state index in [1.807, 2.05) is 50.7 Å². The fourth-order valence-electron chi connectivity index (χ4n) is 3.94. The Hall–Kier alpha value is -2.88. The molecule has 0 fully saturated rings. The van der Waals surface area contributed by atoms with E-state index in [2.05, 4.69) is 10.8 Å². The Labute approximate surface area is 217 Å². The van der Waals surface area contributed by atoms with Crippen LogP contribution in [0.4, 0.5) is 0 Å². The molecule has 0 amide bonds. The maximum Gasteiger partial charge on any atom is 0.324 e. The van der Waals surface area contributed by atoms with Crippen LogP contribution in [0, 0.1) is 27.7 Å². The number of thioether (sulfide) groups is 1. The molecule has 0 saturated carbocycles. The molecule has 0 saturated heterocycles. The van der Waals surface area contributed by atoms with Crippen LogP contribution in [-0.2, 0) is 19.6 Å². The number of nitrogens with one attached hydrogen (secondary N) is 1. The van der Waals surface area contributed by atoms with E-state index in [1.54, 1.807) is 24.3 Å². The molecule has 1 aromatic heterocycles. The Morgan fingerprint density at radius 1 is 1.00 bits per heavy atom. The lowest BCUT2D eigenvalue weighted by Gasteiger charge is -2.17. The van der Waals surface area contributed by atoms with E-state index in [4.69, 9.17) is 4.74 Å². The first-order chi connectivity index (χ1) is 17.0. The number of sulfonamides is 1. The number of hydrogen-bond donors (Lipinski definition) is 1. The maximum atomic E-state index is 13.0. The molecule has 0 unspecified atom stereocenters. The third-order valence-electron chi connectivity index (χ3n) is 6.07. The van der Waals surface area contributed by atoms with Crippen LogP contribution in [0.15, 0.2) is 59.5 Å². The molecule has 0 aliphatic heterocycles. The Morgan fingerprint density at radius 2 is 1.69 bits per heavy atom. The molecule has 0 aliphatic rings. The highest BCUT2D eigenvalue weighted by Gasteiger charge is 2.28. The van der Waals surface area contributed by atoms with Gasteiger partial charge in [-0.25, -0.2) is 8.42 Å². The van der Waals surface area contributed by atoms with Gasteiger partial charge in [0.15, 0.2) is 6.61 Å². The lowest BCUT2D eigenvalue weighted by molar-refractivity contribution is -0.144. The van der Waals surface area contributed by atoms with Gasteiger partial charge in [0, 0.05) is 22.6 Å². The second-order valence-electron chi connectivity index (χ2n) is 8.69. The van der Waals surface area contributed by atoms with Crippen molar-refractivity contribution in [2.24, 2.45) is 0 Å². The summed E-state index contributed by atoms with van der Waals surface area (Å²) in [4.78, 5) is 25.9. The standard InChI is InChI=1S/C27H32N2O5S2/c1-18-11-12-22(15-19(18)2)29-20(3)16-24(21(29)4)26(30)17-34-27(31)25(13-14-35-5)28-36(32,33)23-9-7-6-8-10-23/h6-12,15-16,25,28H,13-14,17H2,1-5H3/t25-/m1/s1. The molecule has 7 nitrogen and oxygen atoms in total. The zero-order chi connectivity index (χ0) is 26.5. The number of aromatic nitrogens is 1. The van der Waals surface area contributed by atoms with Crippen LogP contribution in [0.1, 0.15) is 39.3 Å². The molecule has 2 aromatic carbocycles. The molecule has 0 spiro atoms. The topological polar surface area (TPSA) is 94.5 Å². The summed E-state index contributed by atoms with van der Waals surface area (Å²) >= 11 is 1.48. The van der Waals surface area contributed by atoms with Gasteiger partial charge in [-0.3, -0.25) is 9.59 Å². The fraction of sp³-hybridized carbons (Fsp3) is 0.333. The molecule has 36 heavy (non-hydrogen) atoms. The number of rotatable bonds is 11. The van der Waals surface area contributed by atoms with Crippen molar-refractivity contribution in [1.29, 1.82) is 0 Å². The van der Waals surface area contributed by atoms with Crippen LogP contribution in [0.2, 0.25) is 0 Å². The number of Topliss-reactive ketones (excluding diaryl/α,β-unsaturated/α-hetero) is 1. The highest BCUT2D eigenvalue weighted by Crippen LogP contribution is 2.23. The largest absolute Gasteiger partial charge is 0.456 e. The highest BCUT2D eigenvalue weighted by atomic mass is 32.2. The summed E-state index contributed by atoms with van der Waals surface area (Å²) in [5, 5.41) is 0. The second-order valence-corrected chi connectivity index (χ2v) is 11.4. The van der Waals surface area contributed by atoms with E-state index >= 15 is 0 Å². The first kappa shape index (κ1) is 27.7. The number of carbonyl (C=O) groups excluding carboxylic acids is 2. The molecule has 1 heterocycles. The van der Waals surface area contributed by atoms with Gasteiger partial charge in [0.1, 0.15) is 6.04 Å². The Kier molecular flexibility index (Phi) is 9.16. The van der Waals surface area contributed by atoms with E-state index < -0.39 is 28.6 Å². The molecule has 1 atom stereocenters. The van der Waals surface area contributed by atoms with Gasteiger partial charge in [0.25, 0.3) is 0 Å². The minimum absolute atomic E-state index is 0.0572. The van der Waals surface area contributed by atoms with Crippen molar-refractivity contribution in [2.45, 2.75) is 45.1 Å². The van der Waals surface area contributed by atoms with Crippen LogP contribution < -0.4 is 4.72 Å². The lowest BCUT2D eigenvalue weighted by Crippen LogP contribution is -2.42. The Balaban J connectivity index is 1.74. The number of nitrogens with zero attached hydrogens (tertiary/aromatic N) is 1. The van der Waals surface area contributed by atoms with Gasteiger partial charge < -0.3 is 9.30 Å². The molecule has 0 bridgehead atoms. The number of benzene rings is 2. The highest BCUT2D eigenvalue weighted by molar-refractivity contribution is 7.98. The molecule has 1 N–H and O–H groups in total.